The molecule has 2 unspecified atom stereocenters. The van der Waals surface area contributed by atoms with Crippen molar-refractivity contribution < 1.29 is 9.53 Å². The van der Waals surface area contributed by atoms with Crippen LogP contribution in [0.25, 0.3) is 0 Å². The Balaban J connectivity index is 2.03. The van der Waals surface area contributed by atoms with Gasteiger partial charge >= 0.3 is 6.03 Å². The van der Waals surface area contributed by atoms with Crippen LogP contribution in [0.1, 0.15) is 25.5 Å². The Bertz CT molecular complexity index is 448. The number of carbonyl (C=O) groups is 1. The molecule has 5 nitrogen and oxygen atoms in total. The number of ether oxygens (including phenoxy) is 1. The van der Waals surface area contributed by atoms with Crippen LogP contribution in [0, 0.1) is 0 Å². The number of carbonyl (C=O) groups excluding carboxylic acids is 1. The first-order valence-corrected chi connectivity index (χ1v) is 6.59. The third-order valence-corrected chi connectivity index (χ3v) is 3.29. The standard InChI is InChI=1S/C14H21N3O2/c1-10-9-19-7-6-17(10)14(18)16-13-5-3-4-12(8-13)11(2)15/h3-5,8,10-11H,6-7,9,15H2,1-2H3,(H,16,18). The number of urea groups is 1. The predicted octanol–water partition coefficient (Wildman–Crippen LogP) is 1.96. The van der Waals surface area contributed by atoms with Crippen molar-refractivity contribution >= 4 is 11.7 Å². The highest BCUT2D eigenvalue weighted by atomic mass is 16.5. The van der Waals surface area contributed by atoms with Crippen molar-refractivity contribution in [3.63, 3.8) is 0 Å². The minimum Gasteiger partial charge on any atom is -0.377 e. The molecule has 104 valence electrons. The maximum Gasteiger partial charge on any atom is 0.322 e. The number of amides is 2. The fourth-order valence-electron chi connectivity index (χ4n) is 2.12. The molecular weight excluding hydrogens is 242 g/mol. The number of nitrogens with one attached hydrogen (secondary N) is 1. The largest absolute Gasteiger partial charge is 0.377 e. The van der Waals surface area contributed by atoms with Crippen LogP contribution in [-0.2, 0) is 4.74 Å². The molecule has 1 fully saturated rings. The normalized spacial score (nSPS) is 21.0. The van der Waals surface area contributed by atoms with Gasteiger partial charge in [-0.05, 0) is 31.5 Å². The third-order valence-electron chi connectivity index (χ3n) is 3.29. The van der Waals surface area contributed by atoms with E-state index < -0.39 is 0 Å². The number of morpholine rings is 1. The van der Waals surface area contributed by atoms with Gasteiger partial charge in [-0.1, -0.05) is 12.1 Å². The molecule has 0 radical (unpaired) electrons. The SMILES string of the molecule is CC(N)c1cccc(NC(=O)N2CCOCC2C)c1. The number of anilines is 1. The molecule has 0 spiro atoms. The molecule has 1 aromatic carbocycles. The van der Waals surface area contributed by atoms with E-state index in [-0.39, 0.29) is 18.1 Å². The summed E-state index contributed by atoms with van der Waals surface area (Å²) in [5, 5.41) is 2.91. The molecule has 19 heavy (non-hydrogen) atoms. The van der Waals surface area contributed by atoms with Gasteiger partial charge in [0.15, 0.2) is 0 Å². The summed E-state index contributed by atoms with van der Waals surface area (Å²) in [6.07, 6.45) is 0. The smallest absolute Gasteiger partial charge is 0.322 e. The maximum absolute atomic E-state index is 12.2. The number of hydrogen-bond donors (Lipinski definition) is 2. The predicted molar refractivity (Wildman–Crippen MR) is 75.1 cm³/mol. The van der Waals surface area contributed by atoms with Crippen molar-refractivity contribution in [3.05, 3.63) is 29.8 Å². The summed E-state index contributed by atoms with van der Waals surface area (Å²) in [6, 6.07) is 7.61. The fourth-order valence-corrected chi connectivity index (χ4v) is 2.12. The second-order valence-corrected chi connectivity index (χ2v) is 4.96. The van der Waals surface area contributed by atoms with Gasteiger partial charge in [0, 0.05) is 18.3 Å². The fraction of sp³-hybridized carbons (Fsp3) is 0.500. The van der Waals surface area contributed by atoms with E-state index in [9.17, 15) is 4.79 Å². The Morgan fingerprint density at radius 2 is 2.37 bits per heavy atom. The second-order valence-electron chi connectivity index (χ2n) is 4.96. The third kappa shape index (κ3) is 3.45. The molecule has 0 aliphatic carbocycles. The van der Waals surface area contributed by atoms with Gasteiger partial charge in [-0.3, -0.25) is 0 Å². The van der Waals surface area contributed by atoms with Crippen molar-refractivity contribution in [1.29, 1.82) is 0 Å². The first-order valence-electron chi connectivity index (χ1n) is 6.59. The van der Waals surface area contributed by atoms with Crippen LogP contribution in [-0.4, -0.2) is 36.7 Å². The monoisotopic (exact) mass is 263 g/mol. The van der Waals surface area contributed by atoms with Gasteiger partial charge in [-0.25, -0.2) is 4.79 Å². The van der Waals surface area contributed by atoms with E-state index >= 15 is 0 Å². The lowest BCUT2D eigenvalue weighted by Gasteiger charge is -2.33. The summed E-state index contributed by atoms with van der Waals surface area (Å²) in [4.78, 5) is 14.0. The summed E-state index contributed by atoms with van der Waals surface area (Å²) in [5.41, 5.74) is 7.62. The topological polar surface area (TPSA) is 67.6 Å². The average molecular weight is 263 g/mol. The van der Waals surface area contributed by atoms with E-state index in [1.54, 1.807) is 4.90 Å². The number of hydrogen-bond acceptors (Lipinski definition) is 3. The minimum atomic E-state index is -0.0855. The Morgan fingerprint density at radius 3 is 3.05 bits per heavy atom. The highest BCUT2D eigenvalue weighted by Crippen LogP contribution is 2.17. The zero-order valence-corrected chi connectivity index (χ0v) is 11.4. The van der Waals surface area contributed by atoms with Crippen molar-refractivity contribution in [2.45, 2.75) is 25.9 Å². The Morgan fingerprint density at radius 1 is 1.58 bits per heavy atom. The van der Waals surface area contributed by atoms with Gasteiger partial charge in [0.2, 0.25) is 0 Å². The summed E-state index contributed by atoms with van der Waals surface area (Å²) in [5.74, 6) is 0. The van der Waals surface area contributed by atoms with Crippen molar-refractivity contribution in [2.24, 2.45) is 5.73 Å². The zero-order chi connectivity index (χ0) is 13.8. The van der Waals surface area contributed by atoms with Gasteiger partial charge in [-0.15, -0.1) is 0 Å². The molecular formula is C14H21N3O2. The number of rotatable bonds is 2. The number of nitrogens with zero attached hydrogens (tertiary/aromatic N) is 1. The van der Waals surface area contributed by atoms with Crippen LogP contribution < -0.4 is 11.1 Å². The second kappa shape index (κ2) is 6.04. The molecule has 1 heterocycles. The molecule has 2 amide bonds. The Labute approximate surface area is 113 Å². The van der Waals surface area contributed by atoms with E-state index in [1.165, 1.54) is 0 Å². The molecule has 1 saturated heterocycles. The summed E-state index contributed by atoms with van der Waals surface area (Å²) in [7, 11) is 0. The summed E-state index contributed by atoms with van der Waals surface area (Å²) >= 11 is 0. The van der Waals surface area contributed by atoms with Crippen LogP contribution in [0.3, 0.4) is 0 Å². The van der Waals surface area contributed by atoms with Crippen LogP contribution in [0.4, 0.5) is 10.5 Å². The van der Waals surface area contributed by atoms with Gasteiger partial charge in [0.05, 0.1) is 19.3 Å². The lowest BCUT2D eigenvalue weighted by molar-refractivity contribution is 0.0222. The molecule has 0 bridgehead atoms. The van der Waals surface area contributed by atoms with Gasteiger partial charge in [0.25, 0.3) is 0 Å². The summed E-state index contributed by atoms with van der Waals surface area (Å²) in [6.45, 7) is 5.72. The average Bonchev–Trinajstić information content (AvgIpc) is 2.39. The molecule has 0 aromatic heterocycles. The molecule has 1 aromatic rings. The van der Waals surface area contributed by atoms with Gasteiger partial charge in [0.1, 0.15) is 0 Å². The van der Waals surface area contributed by atoms with E-state index in [0.717, 1.165) is 11.3 Å². The number of benzene rings is 1. The van der Waals surface area contributed by atoms with Crippen LogP contribution in [0.5, 0.6) is 0 Å². The quantitative estimate of drug-likeness (QED) is 0.857. The minimum absolute atomic E-state index is 0.0424. The van der Waals surface area contributed by atoms with Gasteiger partial charge < -0.3 is 20.7 Å². The first kappa shape index (κ1) is 13.8. The lowest BCUT2D eigenvalue weighted by Crippen LogP contribution is -2.48. The molecule has 1 aliphatic heterocycles. The molecule has 1 aliphatic rings. The van der Waals surface area contributed by atoms with Crippen molar-refractivity contribution in [3.8, 4) is 0 Å². The highest BCUT2D eigenvalue weighted by molar-refractivity contribution is 5.89. The zero-order valence-electron chi connectivity index (χ0n) is 11.4. The van der Waals surface area contributed by atoms with Crippen LogP contribution in [0.15, 0.2) is 24.3 Å². The van der Waals surface area contributed by atoms with Crippen molar-refractivity contribution in [2.75, 3.05) is 25.1 Å². The van der Waals surface area contributed by atoms with Crippen LogP contribution in [0.2, 0.25) is 0 Å². The highest BCUT2D eigenvalue weighted by Gasteiger charge is 2.23. The van der Waals surface area contributed by atoms with E-state index in [0.29, 0.717) is 19.8 Å². The first-order chi connectivity index (χ1) is 9.08. The summed E-state index contributed by atoms with van der Waals surface area (Å²) < 4.78 is 5.32. The molecule has 5 heteroatoms. The molecule has 0 saturated carbocycles. The van der Waals surface area contributed by atoms with E-state index in [1.807, 2.05) is 38.1 Å². The molecule has 2 rings (SSSR count). The van der Waals surface area contributed by atoms with E-state index in [2.05, 4.69) is 5.32 Å². The molecule has 2 atom stereocenters. The number of nitrogens with two attached hydrogens (primary N) is 1. The maximum atomic E-state index is 12.2. The Kier molecular flexibility index (Phi) is 4.39. The lowest BCUT2D eigenvalue weighted by atomic mass is 10.1. The Hall–Kier alpha value is -1.59. The van der Waals surface area contributed by atoms with Gasteiger partial charge in [-0.2, -0.15) is 0 Å². The van der Waals surface area contributed by atoms with E-state index in [4.69, 9.17) is 10.5 Å². The molecule has 3 N–H and O–H groups in total. The van der Waals surface area contributed by atoms with Crippen LogP contribution >= 0.6 is 0 Å². The van der Waals surface area contributed by atoms with Crippen molar-refractivity contribution in [1.82, 2.24) is 4.90 Å².